The molecular weight excluding hydrogens is 273 g/mol. The number of carbonyl (C=O) groups excluding carboxylic acids is 1. The molecule has 1 rings (SSSR count). The quantitative estimate of drug-likeness (QED) is 0.817. The molecule has 2 atom stereocenters. The zero-order valence-electron chi connectivity index (χ0n) is 10.5. The van der Waals surface area contributed by atoms with E-state index in [9.17, 15) is 4.79 Å². The van der Waals surface area contributed by atoms with E-state index in [1.54, 1.807) is 31.2 Å². The number of nitrogens with one attached hydrogen (secondary N) is 1. The van der Waals surface area contributed by atoms with Gasteiger partial charge in [-0.05, 0) is 38.5 Å². The van der Waals surface area contributed by atoms with E-state index < -0.39 is 6.10 Å². The third-order valence-corrected chi connectivity index (χ3v) is 2.86. The first kappa shape index (κ1) is 15.1. The van der Waals surface area contributed by atoms with Crippen LogP contribution in [0.15, 0.2) is 24.3 Å². The molecule has 0 heterocycles. The minimum absolute atomic E-state index is 0.0420. The Balaban J connectivity index is 2.49. The second-order valence-electron chi connectivity index (χ2n) is 4.10. The molecule has 1 aromatic carbocycles. The van der Waals surface area contributed by atoms with Crippen molar-refractivity contribution in [3.05, 3.63) is 29.3 Å². The molecule has 0 fully saturated rings. The molecule has 1 amide bonds. The lowest BCUT2D eigenvalue weighted by Gasteiger charge is -2.18. The van der Waals surface area contributed by atoms with Crippen LogP contribution in [-0.2, 0) is 4.79 Å². The Morgan fingerprint density at radius 1 is 1.44 bits per heavy atom. The Kier molecular flexibility index (Phi) is 6.30. The first-order valence-corrected chi connectivity index (χ1v) is 6.72. The van der Waals surface area contributed by atoms with Gasteiger partial charge in [0.25, 0.3) is 5.91 Å². The molecule has 0 aliphatic carbocycles. The van der Waals surface area contributed by atoms with Crippen LogP contribution in [0.5, 0.6) is 5.75 Å². The van der Waals surface area contributed by atoms with Gasteiger partial charge in [0.2, 0.25) is 0 Å². The second-order valence-corrected chi connectivity index (χ2v) is 4.92. The summed E-state index contributed by atoms with van der Waals surface area (Å²) in [6, 6.07) is 7.01. The molecule has 3 nitrogen and oxygen atoms in total. The highest BCUT2D eigenvalue weighted by molar-refractivity contribution is 6.30. The first-order chi connectivity index (χ1) is 8.52. The van der Waals surface area contributed by atoms with Gasteiger partial charge >= 0.3 is 0 Å². The van der Waals surface area contributed by atoms with E-state index in [4.69, 9.17) is 27.9 Å². The average molecular weight is 290 g/mol. The number of carbonyl (C=O) groups is 1. The first-order valence-electron chi connectivity index (χ1n) is 5.81. The van der Waals surface area contributed by atoms with Crippen LogP contribution in [0.4, 0.5) is 0 Å². The van der Waals surface area contributed by atoms with E-state index in [1.165, 1.54) is 0 Å². The molecule has 1 aromatic rings. The number of benzene rings is 1. The van der Waals surface area contributed by atoms with Crippen molar-refractivity contribution in [3.8, 4) is 5.75 Å². The number of alkyl halides is 1. The maximum atomic E-state index is 11.8. The summed E-state index contributed by atoms with van der Waals surface area (Å²) in [5, 5.41) is 3.41. The molecule has 0 radical (unpaired) electrons. The van der Waals surface area contributed by atoms with Crippen molar-refractivity contribution in [1.29, 1.82) is 0 Å². The zero-order valence-corrected chi connectivity index (χ0v) is 12.0. The van der Waals surface area contributed by atoms with Gasteiger partial charge in [-0.1, -0.05) is 17.7 Å². The van der Waals surface area contributed by atoms with Crippen molar-refractivity contribution in [2.75, 3.05) is 5.88 Å². The third-order valence-electron chi connectivity index (χ3n) is 2.41. The van der Waals surface area contributed by atoms with Gasteiger partial charge in [-0.15, -0.1) is 11.6 Å². The third kappa shape index (κ3) is 5.15. The fourth-order valence-electron chi connectivity index (χ4n) is 1.39. The normalized spacial score (nSPS) is 13.8. The standard InChI is InChI=1S/C13H17Cl2NO2/c1-9(6-7-14)16-13(17)10(2)18-12-5-3-4-11(15)8-12/h3-5,8-10H,6-7H2,1-2H3,(H,16,17). The van der Waals surface area contributed by atoms with Crippen LogP contribution < -0.4 is 10.1 Å². The Morgan fingerprint density at radius 2 is 2.17 bits per heavy atom. The van der Waals surface area contributed by atoms with Crippen LogP contribution in [0.25, 0.3) is 0 Å². The van der Waals surface area contributed by atoms with Gasteiger partial charge in [0.1, 0.15) is 5.75 Å². The largest absolute Gasteiger partial charge is 0.481 e. The molecule has 0 bridgehead atoms. The van der Waals surface area contributed by atoms with Gasteiger partial charge in [-0.25, -0.2) is 0 Å². The van der Waals surface area contributed by atoms with Crippen molar-refractivity contribution < 1.29 is 9.53 Å². The SMILES string of the molecule is CC(CCCl)NC(=O)C(C)Oc1cccc(Cl)c1. The molecule has 0 spiro atoms. The predicted molar refractivity (Wildman–Crippen MR) is 74.5 cm³/mol. The number of halogens is 2. The highest BCUT2D eigenvalue weighted by Crippen LogP contribution is 2.18. The van der Waals surface area contributed by atoms with E-state index in [0.29, 0.717) is 16.7 Å². The second kappa shape index (κ2) is 7.49. The van der Waals surface area contributed by atoms with Crippen molar-refractivity contribution >= 4 is 29.1 Å². The zero-order chi connectivity index (χ0) is 13.5. The van der Waals surface area contributed by atoms with E-state index in [2.05, 4.69) is 5.32 Å². The van der Waals surface area contributed by atoms with E-state index in [0.717, 1.165) is 6.42 Å². The van der Waals surface area contributed by atoms with Gasteiger partial charge in [0, 0.05) is 16.9 Å². The van der Waals surface area contributed by atoms with Gasteiger partial charge in [0.05, 0.1) is 0 Å². The van der Waals surface area contributed by atoms with Crippen molar-refractivity contribution in [2.24, 2.45) is 0 Å². The predicted octanol–water partition coefficient (Wildman–Crippen LogP) is 3.24. The summed E-state index contributed by atoms with van der Waals surface area (Å²) in [7, 11) is 0. The van der Waals surface area contributed by atoms with Crippen LogP contribution in [0.3, 0.4) is 0 Å². The van der Waals surface area contributed by atoms with E-state index in [1.807, 2.05) is 6.92 Å². The molecular formula is C13H17Cl2NO2. The summed E-state index contributed by atoms with van der Waals surface area (Å²) in [4.78, 5) is 11.8. The summed E-state index contributed by atoms with van der Waals surface area (Å²) < 4.78 is 5.51. The fraction of sp³-hybridized carbons (Fsp3) is 0.462. The lowest BCUT2D eigenvalue weighted by Crippen LogP contribution is -2.41. The lowest BCUT2D eigenvalue weighted by molar-refractivity contribution is -0.127. The van der Waals surface area contributed by atoms with Crippen LogP contribution in [0.2, 0.25) is 5.02 Å². The maximum absolute atomic E-state index is 11.8. The fourth-order valence-corrected chi connectivity index (χ4v) is 1.90. The molecule has 5 heteroatoms. The summed E-state index contributed by atoms with van der Waals surface area (Å²) in [5.41, 5.74) is 0. The summed E-state index contributed by atoms with van der Waals surface area (Å²) in [6.07, 6.45) is 0.165. The molecule has 1 N–H and O–H groups in total. The van der Waals surface area contributed by atoms with Gasteiger partial charge in [-0.3, -0.25) is 4.79 Å². The van der Waals surface area contributed by atoms with E-state index in [-0.39, 0.29) is 11.9 Å². The molecule has 2 unspecified atom stereocenters. The van der Waals surface area contributed by atoms with E-state index >= 15 is 0 Å². The Bertz CT molecular complexity index is 398. The average Bonchev–Trinajstić information content (AvgIpc) is 2.29. The van der Waals surface area contributed by atoms with Crippen LogP contribution >= 0.6 is 23.2 Å². The Labute approximate surface area is 117 Å². The molecule has 0 aliphatic heterocycles. The molecule has 100 valence electrons. The molecule has 0 saturated carbocycles. The van der Waals surface area contributed by atoms with Gasteiger partial charge < -0.3 is 10.1 Å². The lowest BCUT2D eigenvalue weighted by atomic mass is 10.2. The van der Waals surface area contributed by atoms with Crippen LogP contribution in [-0.4, -0.2) is 23.9 Å². The number of hydrogen-bond donors (Lipinski definition) is 1. The minimum atomic E-state index is -0.568. The highest BCUT2D eigenvalue weighted by atomic mass is 35.5. The van der Waals surface area contributed by atoms with Crippen molar-refractivity contribution in [3.63, 3.8) is 0 Å². The Morgan fingerprint density at radius 3 is 2.78 bits per heavy atom. The molecule has 0 aromatic heterocycles. The summed E-state index contributed by atoms with van der Waals surface area (Å²) in [5.74, 6) is 0.938. The topological polar surface area (TPSA) is 38.3 Å². The number of rotatable bonds is 6. The van der Waals surface area contributed by atoms with Crippen LogP contribution in [0, 0.1) is 0 Å². The molecule has 18 heavy (non-hydrogen) atoms. The summed E-state index contributed by atoms with van der Waals surface area (Å²) >= 11 is 11.4. The van der Waals surface area contributed by atoms with Gasteiger partial charge in [0.15, 0.2) is 6.10 Å². The van der Waals surface area contributed by atoms with Crippen LogP contribution in [0.1, 0.15) is 20.3 Å². The monoisotopic (exact) mass is 289 g/mol. The number of hydrogen-bond acceptors (Lipinski definition) is 2. The number of amides is 1. The maximum Gasteiger partial charge on any atom is 0.260 e. The highest BCUT2D eigenvalue weighted by Gasteiger charge is 2.16. The summed E-state index contributed by atoms with van der Waals surface area (Å²) in [6.45, 7) is 3.61. The van der Waals surface area contributed by atoms with Gasteiger partial charge in [-0.2, -0.15) is 0 Å². The minimum Gasteiger partial charge on any atom is -0.481 e. The smallest absolute Gasteiger partial charge is 0.260 e. The van der Waals surface area contributed by atoms with Crippen molar-refractivity contribution in [2.45, 2.75) is 32.4 Å². The Hall–Kier alpha value is -0.930. The number of ether oxygens (including phenoxy) is 1. The van der Waals surface area contributed by atoms with Crippen molar-refractivity contribution in [1.82, 2.24) is 5.32 Å². The molecule has 0 saturated heterocycles. The molecule has 0 aliphatic rings.